The van der Waals surface area contributed by atoms with Crippen molar-refractivity contribution in [2.45, 2.75) is 316 Å². The van der Waals surface area contributed by atoms with Crippen molar-refractivity contribution in [3.05, 3.63) is 122 Å². The van der Waals surface area contributed by atoms with Gasteiger partial charge in [-0.15, -0.1) is 0 Å². The minimum absolute atomic E-state index is 0.0829. The van der Waals surface area contributed by atoms with E-state index in [0.717, 1.165) is 135 Å². The van der Waals surface area contributed by atoms with Crippen LogP contribution in [0.2, 0.25) is 0 Å². The SMILES string of the molecule is CC/C=C\C/C=C\C/C=C\C/C=C\C/C=C\C/C=C\C/C=C\C/C=C\CCCCCCCCCCCCC(=O)OCC(COC(=O)CCCCCCCCCCCCCC)OC(=O)CCCCCCC/C=C\C/C=C\CCCCC. The molecule has 1 atom stereocenters. The number of rotatable bonds is 60. The minimum atomic E-state index is -0.787. The molecular formula is C74H124O6. The van der Waals surface area contributed by atoms with Crippen molar-refractivity contribution in [3.8, 4) is 0 Å². The lowest BCUT2D eigenvalue weighted by molar-refractivity contribution is -0.167. The van der Waals surface area contributed by atoms with Gasteiger partial charge in [0.05, 0.1) is 0 Å². The zero-order valence-electron chi connectivity index (χ0n) is 52.3. The van der Waals surface area contributed by atoms with Crippen molar-refractivity contribution in [2.24, 2.45) is 0 Å². The summed E-state index contributed by atoms with van der Waals surface area (Å²) in [6.45, 7) is 6.50. The lowest BCUT2D eigenvalue weighted by atomic mass is 10.0. The van der Waals surface area contributed by atoms with Gasteiger partial charge < -0.3 is 14.2 Å². The Kier molecular flexibility index (Phi) is 63.8. The fourth-order valence-electron chi connectivity index (χ4n) is 9.20. The van der Waals surface area contributed by atoms with E-state index in [1.54, 1.807) is 0 Å². The number of unbranched alkanes of at least 4 members (excludes halogenated alkanes) is 29. The Labute approximate surface area is 494 Å². The molecule has 0 N–H and O–H groups in total. The van der Waals surface area contributed by atoms with Crippen molar-refractivity contribution in [3.63, 3.8) is 0 Å². The van der Waals surface area contributed by atoms with Crippen LogP contribution in [0.3, 0.4) is 0 Å². The van der Waals surface area contributed by atoms with Crippen molar-refractivity contribution in [1.29, 1.82) is 0 Å². The minimum Gasteiger partial charge on any atom is -0.462 e. The largest absolute Gasteiger partial charge is 0.462 e. The highest BCUT2D eigenvalue weighted by molar-refractivity contribution is 5.71. The van der Waals surface area contributed by atoms with Crippen molar-refractivity contribution in [2.75, 3.05) is 13.2 Å². The second kappa shape index (κ2) is 67.3. The Morgan fingerprint density at radius 2 is 0.487 bits per heavy atom. The Morgan fingerprint density at radius 3 is 0.787 bits per heavy atom. The second-order valence-electron chi connectivity index (χ2n) is 22.0. The summed E-state index contributed by atoms with van der Waals surface area (Å²) in [5.41, 5.74) is 0. The predicted octanol–water partition coefficient (Wildman–Crippen LogP) is 23.2. The summed E-state index contributed by atoms with van der Waals surface area (Å²) in [4.78, 5) is 38.3. The van der Waals surface area contributed by atoms with Crippen molar-refractivity contribution >= 4 is 17.9 Å². The fourth-order valence-corrected chi connectivity index (χ4v) is 9.20. The summed E-state index contributed by atoms with van der Waals surface area (Å²) in [5.74, 6) is -0.894. The molecule has 0 spiro atoms. The highest BCUT2D eigenvalue weighted by Gasteiger charge is 2.19. The summed E-state index contributed by atoms with van der Waals surface area (Å²) in [5, 5.41) is 0. The smallest absolute Gasteiger partial charge is 0.306 e. The fraction of sp³-hybridized carbons (Fsp3) is 0.689. The molecule has 0 saturated heterocycles. The Balaban J connectivity index is 4.21. The molecule has 0 radical (unpaired) electrons. The van der Waals surface area contributed by atoms with E-state index in [4.69, 9.17) is 14.2 Å². The van der Waals surface area contributed by atoms with E-state index >= 15 is 0 Å². The van der Waals surface area contributed by atoms with Gasteiger partial charge in [0.1, 0.15) is 13.2 Å². The zero-order chi connectivity index (χ0) is 57.8. The van der Waals surface area contributed by atoms with Crippen LogP contribution >= 0.6 is 0 Å². The molecule has 6 nitrogen and oxygen atoms in total. The van der Waals surface area contributed by atoms with E-state index in [-0.39, 0.29) is 31.1 Å². The molecule has 0 rings (SSSR count). The molecule has 456 valence electrons. The van der Waals surface area contributed by atoms with Crippen LogP contribution in [0.15, 0.2) is 122 Å². The number of ether oxygens (including phenoxy) is 3. The molecule has 6 heteroatoms. The first-order chi connectivity index (χ1) is 39.5. The van der Waals surface area contributed by atoms with Gasteiger partial charge in [0.2, 0.25) is 0 Å². The molecule has 0 aliphatic carbocycles. The van der Waals surface area contributed by atoms with Crippen LogP contribution in [0, 0.1) is 0 Å². The van der Waals surface area contributed by atoms with Crippen LogP contribution in [0.4, 0.5) is 0 Å². The van der Waals surface area contributed by atoms with E-state index in [0.29, 0.717) is 19.3 Å². The van der Waals surface area contributed by atoms with Gasteiger partial charge in [-0.05, 0) is 116 Å². The molecule has 0 amide bonds. The Bertz CT molecular complexity index is 1650. The van der Waals surface area contributed by atoms with Gasteiger partial charge in [0, 0.05) is 19.3 Å². The lowest BCUT2D eigenvalue weighted by Crippen LogP contribution is -2.30. The average molecular weight is 1110 g/mol. The lowest BCUT2D eigenvalue weighted by Gasteiger charge is -2.18. The van der Waals surface area contributed by atoms with Gasteiger partial charge in [0.15, 0.2) is 6.10 Å². The maximum absolute atomic E-state index is 12.9. The zero-order valence-corrected chi connectivity index (χ0v) is 52.3. The van der Waals surface area contributed by atoms with Crippen LogP contribution in [0.5, 0.6) is 0 Å². The molecule has 1 unspecified atom stereocenters. The molecular weight excluding hydrogens is 985 g/mol. The number of carbonyl (C=O) groups is 3. The maximum atomic E-state index is 12.9. The number of allylic oxidation sites excluding steroid dienone is 20. The molecule has 0 aromatic carbocycles. The highest BCUT2D eigenvalue weighted by atomic mass is 16.6. The predicted molar refractivity (Wildman–Crippen MR) is 348 cm³/mol. The molecule has 0 bridgehead atoms. The number of carbonyl (C=O) groups excluding carboxylic acids is 3. The van der Waals surface area contributed by atoms with Crippen molar-refractivity contribution < 1.29 is 28.6 Å². The first-order valence-corrected chi connectivity index (χ1v) is 33.5. The molecule has 0 aromatic rings. The van der Waals surface area contributed by atoms with E-state index < -0.39 is 6.10 Å². The number of hydrogen-bond acceptors (Lipinski definition) is 6. The van der Waals surface area contributed by atoms with E-state index in [1.165, 1.54) is 135 Å². The van der Waals surface area contributed by atoms with E-state index in [9.17, 15) is 14.4 Å². The van der Waals surface area contributed by atoms with Crippen LogP contribution in [-0.2, 0) is 28.6 Å². The molecule has 0 aliphatic rings. The Hall–Kier alpha value is -4.19. The van der Waals surface area contributed by atoms with Gasteiger partial charge in [0.25, 0.3) is 0 Å². The first-order valence-electron chi connectivity index (χ1n) is 33.5. The topological polar surface area (TPSA) is 78.9 Å². The van der Waals surface area contributed by atoms with Crippen LogP contribution in [0.25, 0.3) is 0 Å². The third kappa shape index (κ3) is 64.6. The molecule has 0 heterocycles. The first kappa shape index (κ1) is 75.8. The monoisotopic (exact) mass is 1110 g/mol. The molecule has 0 aromatic heterocycles. The van der Waals surface area contributed by atoms with Crippen LogP contribution in [-0.4, -0.2) is 37.2 Å². The molecule has 0 fully saturated rings. The standard InChI is InChI=1S/C74H124O6/c1-4-7-10-13-16-19-22-25-27-28-29-30-31-32-33-34-35-36-37-38-39-40-41-42-43-44-45-46-48-49-52-55-58-61-64-67-73(76)79-70-71(69-78-72(75)66-63-60-57-54-51-24-21-18-15-12-9-6-3)80-74(77)68-65-62-59-56-53-50-47-26-23-20-17-14-11-8-5-2/h7,10,16-17,19-20,25-27,29-30,32-33,35-36,38-39,41-42,47,71H,4-6,8-9,11-15,18,21-24,28,31,34,37,40,43-46,48-70H2,1-3H3/b10-7-,19-16-,20-17-,27-25-,30-29-,33-32-,36-35-,39-38-,42-41-,47-26-. The summed E-state index contributed by atoms with van der Waals surface area (Å²) in [6.07, 6.45) is 93.6. The second-order valence-corrected chi connectivity index (χ2v) is 22.0. The third-order valence-electron chi connectivity index (χ3n) is 14.2. The summed E-state index contributed by atoms with van der Waals surface area (Å²) in [6, 6.07) is 0. The molecule has 80 heavy (non-hydrogen) atoms. The third-order valence-corrected chi connectivity index (χ3v) is 14.2. The van der Waals surface area contributed by atoms with Crippen molar-refractivity contribution in [1.82, 2.24) is 0 Å². The summed E-state index contributed by atoms with van der Waals surface area (Å²) < 4.78 is 16.9. The number of hydrogen-bond donors (Lipinski definition) is 0. The normalized spacial score (nSPS) is 12.9. The maximum Gasteiger partial charge on any atom is 0.306 e. The van der Waals surface area contributed by atoms with Gasteiger partial charge in [-0.25, -0.2) is 0 Å². The van der Waals surface area contributed by atoms with Gasteiger partial charge in [-0.2, -0.15) is 0 Å². The average Bonchev–Trinajstić information content (AvgIpc) is 3.46. The van der Waals surface area contributed by atoms with Crippen LogP contribution < -0.4 is 0 Å². The van der Waals surface area contributed by atoms with Crippen LogP contribution in [0.1, 0.15) is 310 Å². The van der Waals surface area contributed by atoms with E-state index in [2.05, 4.69) is 142 Å². The van der Waals surface area contributed by atoms with Gasteiger partial charge >= 0.3 is 17.9 Å². The summed E-state index contributed by atoms with van der Waals surface area (Å²) in [7, 11) is 0. The number of esters is 3. The summed E-state index contributed by atoms with van der Waals surface area (Å²) >= 11 is 0. The van der Waals surface area contributed by atoms with Gasteiger partial charge in [-0.3, -0.25) is 14.4 Å². The van der Waals surface area contributed by atoms with Gasteiger partial charge in [-0.1, -0.05) is 296 Å². The molecule has 0 aliphatic heterocycles. The highest BCUT2D eigenvalue weighted by Crippen LogP contribution is 2.16. The van der Waals surface area contributed by atoms with E-state index in [1.807, 2.05) is 0 Å². The Morgan fingerprint density at radius 1 is 0.263 bits per heavy atom. The quantitative estimate of drug-likeness (QED) is 0.0261. The molecule has 0 saturated carbocycles.